The SMILES string of the molecule is CC(CO)N(C)C(=O)C1=Cc2ccccc2OC1. The Labute approximate surface area is 106 Å². The molecule has 1 aliphatic rings. The molecule has 1 amide bonds. The highest BCUT2D eigenvalue weighted by molar-refractivity contribution is 5.99. The van der Waals surface area contributed by atoms with E-state index < -0.39 is 0 Å². The molecule has 1 aliphatic heterocycles. The zero-order valence-electron chi connectivity index (χ0n) is 10.6. The summed E-state index contributed by atoms with van der Waals surface area (Å²) in [6, 6.07) is 7.41. The summed E-state index contributed by atoms with van der Waals surface area (Å²) in [6.07, 6.45) is 1.85. The van der Waals surface area contributed by atoms with Gasteiger partial charge in [0, 0.05) is 12.6 Å². The summed E-state index contributed by atoms with van der Waals surface area (Å²) in [4.78, 5) is 13.7. The summed E-state index contributed by atoms with van der Waals surface area (Å²) in [7, 11) is 1.69. The third-order valence-electron chi connectivity index (χ3n) is 3.15. The van der Waals surface area contributed by atoms with Crippen LogP contribution >= 0.6 is 0 Å². The van der Waals surface area contributed by atoms with Crippen molar-refractivity contribution in [3.8, 4) is 5.75 Å². The number of carbonyl (C=O) groups is 1. The fourth-order valence-electron chi connectivity index (χ4n) is 1.79. The van der Waals surface area contributed by atoms with Gasteiger partial charge in [-0.15, -0.1) is 0 Å². The van der Waals surface area contributed by atoms with Crippen LogP contribution in [0.1, 0.15) is 12.5 Å². The molecule has 1 aromatic rings. The summed E-state index contributed by atoms with van der Waals surface area (Å²) in [5.74, 6) is 0.693. The minimum absolute atomic E-state index is 0.0486. The second kappa shape index (κ2) is 5.23. The number of aliphatic hydroxyl groups is 1. The van der Waals surface area contributed by atoms with Crippen LogP contribution in [0.15, 0.2) is 29.8 Å². The molecule has 2 rings (SSSR count). The molecular formula is C14H17NO3. The van der Waals surface area contributed by atoms with Gasteiger partial charge in [-0.3, -0.25) is 4.79 Å². The second-order valence-corrected chi connectivity index (χ2v) is 4.44. The monoisotopic (exact) mass is 247 g/mol. The Morgan fingerprint density at radius 2 is 2.22 bits per heavy atom. The summed E-state index contributed by atoms with van der Waals surface area (Å²) in [5, 5.41) is 9.07. The average molecular weight is 247 g/mol. The van der Waals surface area contributed by atoms with Gasteiger partial charge in [-0.25, -0.2) is 0 Å². The number of likely N-dealkylation sites (N-methyl/N-ethyl adjacent to an activating group) is 1. The Bertz CT molecular complexity index is 482. The minimum atomic E-state index is -0.199. The Morgan fingerprint density at radius 1 is 1.50 bits per heavy atom. The van der Waals surface area contributed by atoms with E-state index in [1.54, 1.807) is 14.0 Å². The third-order valence-corrected chi connectivity index (χ3v) is 3.15. The lowest BCUT2D eigenvalue weighted by molar-refractivity contribution is -0.128. The lowest BCUT2D eigenvalue weighted by Crippen LogP contribution is -2.39. The zero-order chi connectivity index (χ0) is 13.1. The first-order chi connectivity index (χ1) is 8.63. The maximum absolute atomic E-state index is 12.2. The van der Waals surface area contributed by atoms with E-state index in [0.717, 1.165) is 11.3 Å². The minimum Gasteiger partial charge on any atom is -0.488 e. The van der Waals surface area contributed by atoms with Crippen LogP contribution in [0.3, 0.4) is 0 Å². The molecule has 96 valence electrons. The van der Waals surface area contributed by atoms with Gasteiger partial charge in [-0.05, 0) is 19.1 Å². The highest BCUT2D eigenvalue weighted by Gasteiger charge is 2.22. The molecule has 0 radical (unpaired) electrons. The van der Waals surface area contributed by atoms with Crippen LogP contribution < -0.4 is 4.74 Å². The molecule has 0 spiro atoms. The third kappa shape index (κ3) is 2.38. The maximum Gasteiger partial charge on any atom is 0.253 e. The van der Waals surface area contributed by atoms with Gasteiger partial charge >= 0.3 is 0 Å². The van der Waals surface area contributed by atoms with Crippen molar-refractivity contribution in [3.05, 3.63) is 35.4 Å². The van der Waals surface area contributed by atoms with Gasteiger partial charge in [-0.1, -0.05) is 18.2 Å². The molecule has 1 atom stereocenters. The van der Waals surface area contributed by atoms with Crippen LogP contribution in [0.5, 0.6) is 5.75 Å². The fraction of sp³-hybridized carbons (Fsp3) is 0.357. The average Bonchev–Trinajstić information content (AvgIpc) is 2.44. The fourth-order valence-corrected chi connectivity index (χ4v) is 1.79. The molecule has 0 aromatic heterocycles. The van der Waals surface area contributed by atoms with Crippen LogP contribution in [0, 0.1) is 0 Å². The molecular weight excluding hydrogens is 230 g/mol. The van der Waals surface area contributed by atoms with E-state index in [1.807, 2.05) is 30.3 Å². The highest BCUT2D eigenvalue weighted by atomic mass is 16.5. The number of nitrogens with zero attached hydrogens (tertiary/aromatic N) is 1. The van der Waals surface area contributed by atoms with Gasteiger partial charge in [0.1, 0.15) is 12.4 Å². The lowest BCUT2D eigenvalue weighted by Gasteiger charge is -2.26. The predicted octanol–water partition coefficient (Wildman–Crippen LogP) is 1.30. The van der Waals surface area contributed by atoms with E-state index in [2.05, 4.69) is 0 Å². The van der Waals surface area contributed by atoms with Gasteiger partial charge in [-0.2, -0.15) is 0 Å². The molecule has 18 heavy (non-hydrogen) atoms. The van der Waals surface area contributed by atoms with E-state index in [-0.39, 0.29) is 25.2 Å². The van der Waals surface area contributed by atoms with E-state index >= 15 is 0 Å². The van der Waals surface area contributed by atoms with E-state index in [1.165, 1.54) is 4.90 Å². The number of benzene rings is 1. The molecule has 1 unspecified atom stereocenters. The lowest BCUT2D eigenvalue weighted by atomic mass is 10.1. The van der Waals surface area contributed by atoms with Gasteiger partial charge in [0.15, 0.2) is 0 Å². The van der Waals surface area contributed by atoms with E-state index in [0.29, 0.717) is 5.57 Å². The van der Waals surface area contributed by atoms with Crippen molar-refractivity contribution in [2.75, 3.05) is 20.3 Å². The number of aliphatic hydroxyl groups excluding tert-OH is 1. The van der Waals surface area contributed by atoms with Crippen LogP contribution in [0.25, 0.3) is 6.08 Å². The molecule has 4 heteroatoms. The summed E-state index contributed by atoms with van der Waals surface area (Å²) < 4.78 is 5.54. The van der Waals surface area contributed by atoms with Crippen molar-refractivity contribution < 1.29 is 14.6 Å². The van der Waals surface area contributed by atoms with Crippen molar-refractivity contribution in [2.24, 2.45) is 0 Å². The highest BCUT2D eigenvalue weighted by Crippen LogP contribution is 2.26. The maximum atomic E-state index is 12.2. The Hall–Kier alpha value is -1.81. The van der Waals surface area contributed by atoms with E-state index in [9.17, 15) is 4.79 Å². The quantitative estimate of drug-likeness (QED) is 0.876. The van der Waals surface area contributed by atoms with Gasteiger partial charge < -0.3 is 14.7 Å². The van der Waals surface area contributed by atoms with Crippen LogP contribution in [-0.2, 0) is 4.79 Å². The molecule has 1 aromatic carbocycles. The Morgan fingerprint density at radius 3 is 2.94 bits per heavy atom. The standard InChI is InChI=1S/C14H17NO3/c1-10(8-16)15(2)14(17)12-7-11-5-3-4-6-13(11)18-9-12/h3-7,10,16H,8-9H2,1-2H3. The van der Waals surface area contributed by atoms with Crippen molar-refractivity contribution >= 4 is 12.0 Å². The van der Waals surface area contributed by atoms with Crippen molar-refractivity contribution in [3.63, 3.8) is 0 Å². The smallest absolute Gasteiger partial charge is 0.253 e. The van der Waals surface area contributed by atoms with Crippen LogP contribution in [0.4, 0.5) is 0 Å². The first-order valence-electron chi connectivity index (χ1n) is 5.94. The van der Waals surface area contributed by atoms with Crippen LogP contribution in [0.2, 0.25) is 0 Å². The van der Waals surface area contributed by atoms with Crippen molar-refractivity contribution in [1.29, 1.82) is 0 Å². The molecule has 4 nitrogen and oxygen atoms in total. The molecule has 0 saturated carbocycles. The van der Waals surface area contributed by atoms with Crippen LogP contribution in [-0.4, -0.2) is 42.2 Å². The Balaban J connectivity index is 2.21. The van der Waals surface area contributed by atoms with E-state index in [4.69, 9.17) is 9.84 Å². The molecule has 1 heterocycles. The number of ether oxygens (including phenoxy) is 1. The molecule has 0 aliphatic carbocycles. The second-order valence-electron chi connectivity index (χ2n) is 4.44. The predicted molar refractivity (Wildman–Crippen MR) is 69.2 cm³/mol. The van der Waals surface area contributed by atoms with Gasteiger partial charge in [0.25, 0.3) is 5.91 Å². The molecule has 0 saturated heterocycles. The number of rotatable bonds is 3. The number of para-hydroxylation sites is 1. The molecule has 0 bridgehead atoms. The number of fused-ring (bicyclic) bond motifs is 1. The first kappa shape index (κ1) is 12.6. The first-order valence-corrected chi connectivity index (χ1v) is 5.94. The van der Waals surface area contributed by atoms with Gasteiger partial charge in [0.05, 0.1) is 18.2 Å². The number of carbonyl (C=O) groups excluding carboxylic acids is 1. The number of amides is 1. The summed E-state index contributed by atoms with van der Waals surface area (Å²) in [6.45, 7) is 2.03. The molecule has 0 fully saturated rings. The number of hydrogen-bond donors (Lipinski definition) is 1. The molecule has 1 N–H and O–H groups in total. The normalized spacial score (nSPS) is 15.2. The zero-order valence-corrected chi connectivity index (χ0v) is 10.6. The largest absolute Gasteiger partial charge is 0.488 e. The topological polar surface area (TPSA) is 49.8 Å². The van der Waals surface area contributed by atoms with Crippen molar-refractivity contribution in [1.82, 2.24) is 4.90 Å². The summed E-state index contributed by atoms with van der Waals surface area (Å²) in [5.41, 5.74) is 1.52. The number of hydrogen-bond acceptors (Lipinski definition) is 3. The summed E-state index contributed by atoms with van der Waals surface area (Å²) >= 11 is 0. The Kier molecular flexibility index (Phi) is 3.67. The van der Waals surface area contributed by atoms with Crippen molar-refractivity contribution in [2.45, 2.75) is 13.0 Å². The van der Waals surface area contributed by atoms with Gasteiger partial charge in [0.2, 0.25) is 0 Å².